The standard InChI is InChI=1S/C20H25Cl2NO3/c1-4-25-18-10-15(11-23-20(2,3)13-24)9-17(22)19(18)26-12-14-6-5-7-16(21)8-14/h5-10,23-24H,4,11-13H2,1-3H3. The molecule has 0 amide bonds. The minimum atomic E-state index is -0.375. The molecule has 0 fully saturated rings. The van der Waals surface area contributed by atoms with Crippen molar-refractivity contribution in [1.82, 2.24) is 5.32 Å². The molecule has 2 aromatic rings. The SMILES string of the molecule is CCOc1cc(CNC(C)(C)CO)cc(Cl)c1OCc1cccc(Cl)c1. The normalized spacial score (nSPS) is 11.5. The molecule has 142 valence electrons. The van der Waals surface area contributed by atoms with Crippen molar-refractivity contribution in [3.63, 3.8) is 0 Å². The summed E-state index contributed by atoms with van der Waals surface area (Å²) in [6.45, 7) is 7.22. The van der Waals surface area contributed by atoms with E-state index < -0.39 is 0 Å². The molecular formula is C20H25Cl2NO3. The van der Waals surface area contributed by atoms with E-state index in [9.17, 15) is 5.11 Å². The summed E-state index contributed by atoms with van der Waals surface area (Å²) in [7, 11) is 0. The summed E-state index contributed by atoms with van der Waals surface area (Å²) in [4.78, 5) is 0. The van der Waals surface area contributed by atoms with E-state index in [-0.39, 0.29) is 12.1 Å². The van der Waals surface area contributed by atoms with Crippen molar-refractivity contribution in [1.29, 1.82) is 0 Å². The Morgan fingerprint density at radius 1 is 1.08 bits per heavy atom. The Balaban J connectivity index is 2.17. The monoisotopic (exact) mass is 397 g/mol. The van der Waals surface area contributed by atoms with E-state index in [0.717, 1.165) is 11.1 Å². The van der Waals surface area contributed by atoms with Gasteiger partial charge < -0.3 is 19.9 Å². The van der Waals surface area contributed by atoms with E-state index in [2.05, 4.69) is 5.32 Å². The molecule has 2 rings (SSSR count). The second-order valence-electron chi connectivity index (χ2n) is 6.65. The van der Waals surface area contributed by atoms with Crippen LogP contribution in [-0.4, -0.2) is 23.9 Å². The van der Waals surface area contributed by atoms with Crippen molar-refractivity contribution >= 4 is 23.2 Å². The topological polar surface area (TPSA) is 50.7 Å². The molecule has 4 nitrogen and oxygen atoms in total. The van der Waals surface area contributed by atoms with Crippen LogP contribution >= 0.6 is 23.2 Å². The molecule has 2 N–H and O–H groups in total. The summed E-state index contributed by atoms with van der Waals surface area (Å²) in [6.07, 6.45) is 0. The molecule has 0 spiro atoms. The van der Waals surface area contributed by atoms with Gasteiger partial charge in [0.25, 0.3) is 0 Å². The van der Waals surface area contributed by atoms with Gasteiger partial charge in [-0.3, -0.25) is 0 Å². The molecule has 6 heteroatoms. The number of benzene rings is 2. The Kier molecular flexibility index (Phi) is 7.59. The highest BCUT2D eigenvalue weighted by atomic mass is 35.5. The van der Waals surface area contributed by atoms with Gasteiger partial charge in [-0.1, -0.05) is 35.3 Å². The van der Waals surface area contributed by atoms with Gasteiger partial charge in [0.05, 0.1) is 18.2 Å². The van der Waals surface area contributed by atoms with E-state index in [0.29, 0.717) is 41.3 Å². The second-order valence-corrected chi connectivity index (χ2v) is 7.50. The average molecular weight is 398 g/mol. The summed E-state index contributed by atoms with van der Waals surface area (Å²) < 4.78 is 11.6. The predicted molar refractivity (Wildman–Crippen MR) is 106 cm³/mol. The van der Waals surface area contributed by atoms with Crippen LogP contribution in [0.3, 0.4) is 0 Å². The van der Waals surface area contributed by atoms with E-state index in [4.69, 9.17) is 32.7 Å². The Morgan fingerprint density at radius 3 is 2.50 bits per heavy atom. The first-order chi connectivity index (χ1) is 12.3. The highest BCUT2D eigenvalue weighted by molar-refractivity contribution is 6.32. The van der Waals surface area contributed by atoms with Crippen LogP contribution < -0.4 is 14.8 Å². The number of hydrogen-bond donors (Lipinski definition) is 2. The number of rotatable bonds is 9. The zero-order valence-corrected chi connectivity index (χ0v) is 16.8. The summed E-state index contributed by atoms with van der Waals surface area (Å²) >= 11 is 12.5. The van der Waals surface area contributed by atoms with Crippen molar-refractivity contribution in [2.24, 2.45) is 0 Å². The maximum atomic E-state index is 9.36. The van der Waals surface area contributed by atoms with Crippen molar-refractivity contribution in [3.05, 3.63) is 57.6 Å². The van der Waals surface area contributed by atoms with Crippen LogP contribution in [0.2, 0.25) is 10.0 Å². The van der Waals surface area contributed by atoms with Crippen LogP contribution in [-0.2, 0) is 13.2 Å². The maximum Gasteiger partial charge on any atom is 0.180 e. The molecule has 26 heavy (non-hydrogen) atoms. The molecule has 0 unspecified atom stereocenters. The van der Waals surface area contributed by atoms with Gasteiger partial charge in [0.1, 0.15) is 6.61 Å². The number of halogens is 2. The number of aliphatic hydroxyl groups excluding tert-OH is 1. The van der Waals surface area contributed by atoms with Crippen LogP contribution in [0, 0.1) is 0 Å². The highest BCUT2D eigenvalue weighted by Crippen LogP contribution is 2.37. The fourth-order valence-corrected chi connectivity index (χ4v) is 2.81. The lowest BCUT2D eigenvalue weighted by Crippen LogP contribution is -2.42. The van der Waals surface area contributed by atoms with Crippen LogP contribution in [0.1, 0.15) is 31.9 Å². The molecule has 0 atom stereocenters. The third kappa shape index (κ3) is 6.06. The van der Waals surface area contributed by atoms with Crippen LogP contribution in [0.15, 0.2) is 36.4 Å². The maximum absolute atomic E-state index is 9.36. The quantitative estimate of drug-likeness (QED) is 0.635. The van der Waals surface area contributed by atoms with Crippen molar-refractivity contribution in [2.75, 3.05) is 13.2 Å². The number of hydrogen-bond acceptors (Lipinski definition) is 4. The Hall–Kier alpha value is -1.46. The lowest BCUT2D eigenvalue weighted by atomic mass is 10.1. The van der Waals surface area contributed by atoms with Gasteiger partial charge in [0.2, 0.25) is 0 Å². The third-order valence-corrected chi connectivity index (χ3v) is 4.32. The molecule has 0 bridgehead atoms. The summed E-state index contributed by atoms with van der Waals surface area (Å²) in [5.74, 6) is 1.11. The average Bonchev–Trinajstić information content (AvgIpc) is 2.60. The fourth-order valence-electron chi connectivity index (χ4n) is 2.31. The van der Waals surface area contributed by atoms with Gasteiger partial charge in [-0.15, -0.1) is 0 Å². The molecule has 0 aromatic heterocycles. The first-order valence-corrected chi connectivity index (χ1v) is 9.28. The molecule has 0 heterocycles. The minimum absolute atomic E-state index is 0.0415. The number of aliphatic hydroxyl groups is 1. The predicted octanol–water partition coefficient (Wildman–Crippen LogP) is 4.83. The molecule has 0 saturated heterocycles. The first-order valence-electron chi connectivity index (χ1n) is 8.53. The van der Waals surface area contributed by atoms with Crippen molar-refractivity contribution in [3.8, 4) is 11.5 Å². The van der Waals surface area contributed by atoms with Gasteiger partial charge in [-0.2, -0.15) is 0 Å². The van der Waals surface area contributed by atoms with E-state index in [1.54, 1.807) is 0 Å². The molecule has 2 aromatic carbocycles. The van der Waals surface area contributed by atoms with Crippen LogP contribution in [0.4, 0.5) is 0 Å². The van der Waals surface area contributed by atoms with Crippen molar-refractivity contribution in [2.45, 2.75) is 39.5 Å². The largest absolute Gasteiger partial charge is 0.490 e. The van der Waals surface area contributed by atoms with E-state index >= 15 is 0 Å². The molecule has 0 aliphatic heterocycles. The highest BCUT2D eigenvalue weighted by Gasteiger charge is 2.17. The smallest absolute Gasteiger partial charge is 0.180 e. The van der Waals surface area contributed by atoms with Crippen LogP contribution in [0.25, 0.3) is 0 Å². The first kappa shape index (κ1) is 20.8. The molecule has 0 aliphatic carbocycles. The summed E-state index contributed by atoms with van der Waals surface area (Å²) in [5, 5.41) is 13.8. The third-order valence-electron chi connectivity index (χ3n) is 3.81. The van der Waals surface area contributed by atoms with Crippen molar-refractivity contribution < 1.29 is 14.6 Å². The molecule has 0 saturated carbocycles. The lowest BCUT2D eigenvalue weighted by Gasteiger charge is -2.24. The van der Waals surface area contributed by atoms with Gasteiger partial charge >= 0.3 is 0 Å². The zero-order valence-electron chi connectivity index (χ0n) is 15.3. The second kappa shape index (κ2) is 9.47. The Morgan fingerprint density at radius 2 is 1.85 bits per heavy atom. The van der Waals surface area contributed by atoms with Gasteiger partial charge in [0, 0.05) is 17.1 Å². The van der Waals surface area contributed by atoms with E-state index in [1.807, 2.05) is 57.2 Å². The number of nitrogens with one attached hydrogen (secondary N) is 1. The number of ether oxygens (including phenoxy) is 2. The Bertz CT molecular complexity index is 735. The summed E-state index contributed by atoms with van der Waals surface area (Å²) in [6, 6.07) is 11.2. The van der Waals surface area contributed by atoms with Gasteiger partial charge in [-0.05, 0) is 56.2 Å². The molecule has 0 radical (unpaired) electrons. The van der Waals surface area contributed by atoms with Gasteiger partial charge in [-0.25, -0.2) is 0 Å². The molecule has 0 aliphatic rings. The lowest BCUT2D eigenvalue weighted by molar-refractivity contribution is 0.187. The summed E-state index contributed by atoms with van der Waals surface area (Å²) in [5.41, 5.74) is 1.53. The zero-order chi connectivity index (χ0) is 19.2. The van der Waals surface area contributed by atoms with Gasteiger partial charge in [0.15, 0.2) is 11.5 Å². The fraction of sp³-hybridized carbons (Fsp3) is 0.400. The Labute approximate surface area is 165 Å². The minimum Gasteiger partial charge on any atom is -0.490 e. The van der Waals surface area contributed by atoms with Crippen LogP contribution in [0.5, 0.6) is 11.5 Å². The molecular weight excluding hydrogens is 373 g/mol. The van der Waals surface area contributed by atoms with E-state index in [1.165, 1.54) is 0 Å².